The normalized spacial score (nSPS) is 16.6. The van der Waals surface area contributed by atoms with Crippen molar-refractivity contribution in [2.24, 2.45) is 10.4 Å². The molecule has 29 heavy (non-hydrogen) atoms. The highest BCUT2D eigenvalue weighted by molar-refractivity contribution is 5.85. The number of nitrogens with zero attached hydrogens (tertiary/aromatic N) is 2. The van der Waals surface area contributed by atoms with Crippen LogP contribution in [-0.2, 0) is 17.5 Å². The second kappa shape index (κ2) is 9.45. The molecule has 0 bridgehead atoms. The summed E-state index contributed by atoms with van der Waals surface area (Å²) in [4.78, 5) is 18.5. The number of hydrogen-bond acceptors (Lipinski definition) is 2. The van der Waals surface area contributed by atoms with Crippen molar-refractivity contribution < 1.29 is 22.4 Å². The largest absolute Gasteiger partial charge is 0.416 e. The summed E-state index contributed by atoms with van der Waals surface area (Å²) in [5.74, 6) is -0.584. The van der Waals surface area contributed by atoms with Crippen LogP contribution in [0.25, 0.3) is 0 Å². The number of benzene rings is 1. The fraction of sp³-hybridized carbons (Fsp3) is 0.600. The first-order chi connectivity index (χ1) is 13.6. The van der Waals surface area contributed by atoms with Gasteiger partial charge >= 0.3 is 6.18 Å². The molecule has 2 N–H and O–H groups in total. The zero-order valence-electron chi connectivity index (χ0n) is 17.0. The first-order valence-electron chi connectivity index (χ1n) is 9.68. The van der Waals surface area contributed by atoms with E-state index in [2.05, 4.69) is 15.6 Å². The van der Waals surface area contributed by atoms with Gasteiger partial charge in [0.25, 0.3) is 0 Å². The molecule has 162 valence electrons. The molecule has 0 unspecified atom stereocenters. The first-order valence-corrected chi connectivity index (χ1v) is 9.68. The number of rotatable bonds is 6. The van der Waals surface area contributed by atoms with Crippen LogP contribution in [0.15, 0.2) is 23.2 Å². The van der Waals surface area contributed by atoms with Crippen LogP contribution in [0.4, 0.5) is 17.6 Å². The minimum Gasteiger partial charge on any atom is -0.357 e. The maximum absolute atomic E-state index is 13.3. The molecule has 5 nitrogen and oxygen atoms in total. The summed E-state index contributed by atoms with van der Waals surface area (Å²) in [5, 5.41) is 6.11. The molecule has 0 aromatic heterocycles. The number of aliphatic imine (C=N–C) groups is 1. The number of hydrogen-bond donors (Lipinski definition) is 2. The molecule has 9 heteroatoms. The second-order valence-corrected chi connectivity index (χ2v) is 7.53. The van der Waals surface area contributed by atoms with Crippen LogP contribution < -0.4 is 10.6 Å². The molecule has 0 spiro atoms. The number of guanidine groups is 1. The summed E-state index contributed by atoms with van der Waals surface area (Å²) < 4.78 is 52.8. The molecular formula is C20H28F4N4O. The minimum absolute atomic E-state index is 0.0382. The Balaban J connectivity index is 2.18. The Labute approximate surface area is 168 Å². The lowest BCUT2D eigenvalue weighted by Crippen LogP contribution is -2.49. The summed E-state index contributed by atoms with van der Waals surface area (Å²) in [6, 6.07) is 2.57. The lowest BCUT2D eigenvalue weighted by atomic mass is 9.84. The van der Waals surface area contributed by atoms with Gasteiger partial charge in [-0.2, -0.15) is 13.2 Å². The van der Waals surface area contributed by atoms with E-state index < -0.39 is 23.0 Å². The lowest BCUT2D eigenvalue weighted by molar-refractivity contribution is -0.139. The summed E-state index contributed by atoms with van der Waals surface area (Å²) in [6.07, 6.45) is -1.23. The molecule has 0 radical (unpaired) electrons. The van der Waals surface area contributed by atoms with E-state index in [0.717, 1.165) is 37.8 Å². The van der Waals surface area contributed by atoms with Crippen molar-refractivity contribution in [3.63, 3.8) is 0 Å². The zero-order valence-corrected chi connectivity index (χ0v) is 17.0. The molecule has 0 aliphatic heterocycles. The Bertz CT molecular complexity index is 740. The Morgan fingerprint density at radius 2 is 1.86 bits per heavy atom. The molecule has 1 aliphatic carbocycles. The van der Waals surface area contributed by atoms with Crippen molar-refractivity contribution in [1.82, 2.24) is 15.5 Å². The van der Waals surface area contributed by atoms with Gasteiger partial charge in [0.2, 0.25) is 5.91 Å². The van der Waals surface area contributed by atoms with Gasteiger partial charge in [0.05, 0.1) is 17.5 Å². The summed E-state index contributed by atoms with van der Waals surface area (Å²) in [7, 11) is 3.43. The smallest absolute Gasteiger partial charge is 0.357 e. The topological polar surface area (TPSA) is 56.7 Å². The number of amides is 1. The van der Waals surface area contributed by atoms with Gasteiger partial charge in [-0.05, 0) is 37.5 Å². The fourth-order valence-electron chi connectivity index (χ4n) is 3.70. The van der Waals surface area contributed by atoms with Gasteiger partial charge in [-0.1, -0.05) is 18.9 Å². The van der Waals surface area contributed by atoms with Crippen molar-refractivity contribution in [1.29, 1.82) is 0 Å². The highest BCUT2D eigenvalue weighted by Gasteiger charge is 2.42. The average molecular weight is 416 g/mol. The number of halogens is 4. The minimum atomic E-state index is -4.66. The van der Waals surface area contributed by atoms with Gasteiger partial charge in [-0.15, -0.1) is 0 Å². The van der Waals surface area contributed by atoms with Crippen molar-refractivity contribution >= 4 is 11.9 Å². The monoisotopic (exact) mass is 416 g/mol. The van der Waals surface area contributed by atoms with Crippen LogP contribution in [0, 0.1) is 11.2 Å². The Morgan fingerprint density at radius 3 is 2.41 bits per heavy atom. The third-order valence-corrected chi connectivity index (χ3v) is 5.14. The predicted molar refractivity (Wildman–Crippen MR) is 104 cm³/mol. The van der Waals surface area contributed by atoms with E-state index in [0.29, 0.717) is 25.1 Å². The van der Waals surface area contributed by atoms with Crippen molar-refractivity contribution in [2.75, 3.05) is 27.2 Å². The molecular weight excluding hydrogens is 388 g/mol. The van der Waals surface area contributed by atoms with Gasteiger partial charge in [-0.25, -0.2) is 9.38 Å². The number of alkyl halides is 3. The molecule has 0 saturated heterocycles. The van der Waals surface area contributed by atoms with E-state index in [1.165, 1.54) is 0 Å². The molecule has 1 aliphatic rings. The van der Waals surface area contributed by atoms with Crippen LogP contribution in [-0.4, -0.2) is 44.0 Å². The number of nitrogens with one attached hydrogen (secondary N) is 2. The van der Waals surface area contributed by atoms with Gasteiger partial charge in [0.15, 0.2) is 5.96 Å². The number of carbonyl (C=O) groups excluding carboxylic acids is 1. The van der Waals surface area contributed by atoms with Crippen LogP contribution in [0.1, 0.15) is 43.7 Å². The summed E-state index contributed by atoms with van der Waals surface area (Å²) >= 11 is 0. The van der Waals surface area contributed by atoms with Gasteiger partial charge < -0.3 is 15.5 Å². The highest BCUT2D eigenvalue weighted by atomic mass is 19.4. The molecule has 0 atom stereocenters. The van der Waals surface area contributed by atoms with Crippen molar-refractivity contribution in [3.8, 4) is 0 Å². The summed E-state index contributed by atoms with van der Waals surface area (Å²) in [5.41, 5.74) is -1.68. The van der Waals surface area contributed by atoms with E-state index in [9.17, 15) is 22.4 Å². The highest BCUT2D eigenvalue weighted by Crippen LogP contribution is 2.39. The molecule has 1 amide bonds. The van der Waals surface area contributed by atoms with E-state index in [1.807, 2.05) is 6.92 Å². The van der Waals surface area contributed by atoms with E-state index >= 15 is 0 Å². The lowest BCUT2D eigenvalue weighted by Gasteiger charge is -2.31. The van der Waals surface area contributed by atoms with E-state index in [4.69, 9.17) is 0 Å². The molecule has 1 saturated carbocycles. The molecule has 1 aromatic rings. The van der Waals surface area contributed by atoms with Crippen molar-refractivity contribution in [3.05, 3.63) is 35.1 Å². The Morgan fingerprint density at radius 1 is 1.21 bits per heavy atom. The molecule has 1 fully saturated rings. The Hall–Kier alpha value is -2.32. The maximum Gasteiger partial charge on any atom is 0.416 e. The van der Waals surface area contributed by atoms with Gasteiger partial charge in [0, 0.05) is 27.2 Å². The predicted octanol–water partition coefficient (Wildman–Crippen LogP) is 3.55. The zero-order chi connectivity index (χ0) is 21.7. The molecule has 1 aromatic carbocycles. The standard InChI is InChI=1S/C20H28F4N4O/c1-4-25-18(27-13-19(9-5-6-10-19)17(29)28(2)3)26-12-14-7-8-15(21)11-16(14)20(22,23)24/h7-8,11H,4-6,9-10,12-13H2,1-3H3,(H2,25,26,27). The first kappa shape index (κ1) is 23.0. The van der Waals surface area contributed by atoms with Gasteiger partial charge in [0.1, 0.15) is 5.82 Å². The Kier molecular flexibility index (Phi) is 7.48. The SMILES string of the molecule is CCNC(=NCc1ccc(F)cc1C(F)(F)F)NCC1(C(=O)N(C)C)CCCC1. The summed E-state index contributed by atoms with van der Waals surface area (Å²) in [6.45, 7) is 2.44. The third-order valence-electron chi connectivity index (χ3n) is 5.14. The van der Waals surface area contributed by atoms with Gasteiger partial charge in [-0.3, -0.25) is 4.79 Å². The van der Waals surface area contributed by atoms with E-state index in [1.54, 1.807) is 19.0 Å². The van der Waals surface area contributed by atoms with Crippen molar-refractivity contribution in [2.45, 2.75) is 45.3 Å². The van der Waals surface area contributed by atoms with Crippen LogP contribution >= 0.6 is 0 Å². The molecule has 2 rings (SSSR count). The van der Waals surface area contributed by atoms with Crippen LogP contribution in [0.3, 0.4) is 0 Å². The molecule has 0 heterocycles. The van der Waals surface area contributed by atoms with E-state index in [-0.39, 0.29) is 18.0 Å². The third kappa shape index (κ3) is 5.83. The quantitative estimate of drug-likeness (QED) is 0.424. The second-order valence-electron chi connectivity index (χ2n) is 7.53. The average Bonchev–Trinajstić information content (AvgIpc) is 3.13. The number of carbonyl (C=O) groups is 1. The fourth-order valence-corrected chi connectivity index (χ4v) is 3.70. The van der Waals surface area contributed by atoms with Crippen LogP contribution in [0.2, 0.25) is 0 Å². The maximum atomic E-state index is 13.3. The van der Waals surface area contributed by atoms with Crippen LogP contribution in [0.5, 0.6) is 0 Å².